The zero-order valence-corrected chi connectivity index (χ0v) is 12.9. The van der Waals surface area contributed by atoms with Crippen LogP contribution in [0.1, 0.15) is 11.1 Å². The minimum absolute atomic E-state index is 0.0497. The van der Waals surface area contributed by atoms with Gasteiger partial charge in [0.1, 0.15) is 12.4 Å². The molecule has 21 heavy (non-hydrogen) atoms. The Bertz CT molecular complexity index is 768. The fourth-order valence-electron chi connectivity index (χ4n) is 2.25. The molecule has 0 aliphatic carbocycles. The van der Waals surface area contributed by atoms with Crippen molar-refractivity contribution in [2.24, 2.45) is 0 Å². The summed E-state index contributed by atoms with van der Waals surface area (Å²) in [6.07, 6.45) is 1.79. The minimum Gasteiger partial charge on any atom is -0.489 e. The number of para-hydroxylation sites is 1. The molecule has 106 valence electrons. The molecule has 0 radical (unpaired) electrons. The van der Waals surface area contributed by atoms with Crippen molar-refractivity contribution in [2.45, 2.75) is 13.2 Å². The summed E-state index contributed by atoms with van der Waals surface area (Å²) >= 11 is 3.39. The van der Waals surface area contributed by atoms with E-state index in [4.69, 9.17) is 4.74 Å². The van der Waals surface area contributed by atoms with Crippen LogP contribution in [0.25, 0.3) is 10.9 Å². The summed E-state index contributed by atoms with van der Waals surface area (Å²) in [5.74, 6) is 0.696. The Morgan fingerprint density at radius 2 is 1.90 bits per heavy atom. The average molecular weight is 344 g/mol. The Balaban J connectivity index is 1.87. The van der Waals surface area contributed by atoms with E-state index in [1.807, 2.05) is 48.5 Å². The van der Waals surface area contributed by atoms with Gasteiger partial charge in [0.15, 0.2) is 0 Å². The summed E-state index contributed by atoms with van der Waals surface area (Å²) < 4.78 is 6.79. The standard InChI is InChI=1S/C17H14BrNO2/c18-14-5-6-17(13(9-14)10-20)21-11-12-7-8-19-16-4-2-1-3-15(12)16/h1-9,20H,10-11H2. The lowest BCUT2D eigenvalue weighted by Gasteiger charge is -2.12. The van der Waals surface area contributed by atoms with E-state index in [0.717, 1.165) is 26.5 Å². The van der Waals surface area contributed by atoms with Crippen LogP contribution >= 0.6 is 15.9 Å². The minimum atomic E-state index is -0.0497. The Hall–Kier alpha value is -1.91. The molecule has 1 N–H and O–H groups in total. The molecule has 0 aliphatic rings. The summed E-state index contributed by atoms with van der Waals surface area (Å²) in [5, 5.41) is 10.5. The molecule has 3 aromatic rings. The van der Waals surface area contributed by atoms with Gasteiger partial charge in [-0.2, -0.15) is 0 Å². The lowest BCUT2D eigenvalue weighted by molar-refractivity contribution is 0.259. The third kappa shape index (κ3) is 3.06. The number of pyridine rings is 1. The molecule has 4 heteroatoms. The summed E-state index contributed by atoms with van der Waals surface area (Å²) in [4.78, 5) is 4.34. The van der Waals surface area contributed by atoms with Crippen molar-refractivity contribution in [3.8, 4) is 5.75 Å². The third-order valence-corrected chi connectivity index (χ3v) is 3.81. The first kappa shape index (κ1) is 14.0. The molecule has 1 heterocycles. The number of nitrogens with zero attached hydrogens (tertiary/aromatic N) is 1. The van der Waals surface area contributed by atoms with E-state index in [-0.39, 0.29) is 6.61 Å². The molecule has 0 unspecified atom stereocenters. The normalized spacial score (nSPS) is 10.8. The predicted molar refractivity (Wildman–Crippen MR) is 86.1 cm³/mol. The van der Waals surface area contributed by atoms with Gasteiger partial charge in [0, 0.05) is 27.2 Å². The van der Waals surface area contributed by atoms with Gasteiger partial charge in [-0.1, -0.05) is 34.1 Å². The Morgan fingerprint density at radius 3 is 2.76 bits per heavy atom. The van der Waals surface area contributed by atoms with Crippen LogP contribution in [0.2, 0.25) is 0 Å². The number of benzene rings is 2. The molecular weight excluding hydrogens is 330 g/mol. The van der Waals surface area contributed by atoms with E-state index in [0.29, 0.717) is 12.4 Å². The summed E-state index contributed by atoms with van der Waals surface area (Å²) in [5.41, 5.74) is 2.80. The van der Waals surface area contributed by atoms with Crippen LogP contribution in [0.3, 0.4) is 0 Å². The molecule has 0 saturated heterocycles. The average Bonchev–Trinajstić information content (AvgIpc) is 2.53. The molecule has 3 rings (SSSR count). The third-order valence-electron chi connectivity index (χ3n) is 3.32. The number of halogens is 1. The second kappa shape index (κ2) is 6.24. The largest absolute Gasteiger partial charge is 0.489 e. The molecule has 0 atom stereocenters. The topological polar surface area (TPSA) is 42.4 Å². The number of hydrogen-bond donors (Lipinski definition) is 1. The van der Waals surface area contributed by atoms with Crippen LogP contribution in [0, 0.1) is 0 Å². The quantitative estimate of drug-likeness (QED) is 0.776. The van der Waals surface area contributed by atoms with Crippen LogP contribution in [0.15, 0.2) is 59.2 Å². The SMILES string of the molecule is OCc1cc(Br)ccc1OCc1ccnc2ccccc12. The van der Waals surface area contributed by atoms with Crippen molar-refractivity contribution in [1.29, 1.82) is 0 Å². The van der Waals surface area contributed by atoms with Gasteiger partial charge in [0.05, 0.1) is 12.1 Å². The summed E-state index contributed by atoms with van der Waals surface area (Å²) in [7, 11) is 0. The molecular formula is C17H14BrNO2. The van der Waals surface area contributed by atoms with Gasteiger partial charge in [-0.25, -0.2) is 0 Å². The molecule has 0 amide bonds. The van der Waals surface area contributed by atoms with Gasteiger partial charge in [-0.15, -0.1) is 0 Å². The van der Waals surface area contributed by atoms with Gasteiger partial charge in [0.2, 0.25) is 0 Å². The van der Waals surface area contributed by atoms with E-state index in [2.05, 4.69) is 20.9 Å². The highest BCUT2D eigenvalue weighted by Crippen LogP contribution is 2.25. The predicted octanol–water partition coefficient (Wildman–Crippen LogP) is 4.07. The highest BCUT2D eigenvalue weighted by molar-refractivity contribution is 9.10. The maximum atomic E-state index is 9.40. The van der Waals surface area contributed by atoms with Gasteiger partial charge in [-0.05, 0) is 30.3 Å². The number of hydrogen-bond acceptors (Lipinski definition) is 3. The highest BCUT2D eigenvalue weighted by atomic mass is 79.9. The Morgan fingerprint density at radius 1 is 1.05 bits per heavy atom. The molecule has 1 aromatic heterocycles. The van der Waals surface area contributed by atoms with Crippen molar-refractivity contribution in [3.05, 3.63) is 70.3 Å². The lowest BCUT2D eigenvalue weighted by atomic mass is 10.1. The van der Waals surface area contributed by atoms with E-state index in [9.17, 15) is 5.11 Å². The molecule has 0 bridgehead atoms. The maximum absolute atomic E-state index is 9.40. The number of fused-ring (bicyclic) bond motifs is 1. The lowest BCUT2D eigenvalue weighted by Crippen LogP contribution is -2.00. The van der Waals surface area contributed by atoms with E-state index >= 15 is 0 Å². The van der Waals surface area contributed by atoms with Crippen molar-refractivity contribution >= 4 is 26.8 Å². The fraction of sp³-hybridized carbons (Fsp3) is 0.118. The monoisotopic (exact) mass is 343 g/mol. The van der Waals surface area contributed by atoms with Crippen LogP contribution in [0.4, 0.5) is 0 Å². The molecule has 2 aromatic carbocycles. The zero-order valence-electron chi connectivity index (χ0n) is 11.3. The first-order chi connectivity index (χ1) is 10.3. The molecule has 0 aliphatic heterocycles. The first-order valence-electron chi connectivity index (χ1n) is 6.62. The number of aromatic nitrogens is 1. The molecule has 0 saturated carbocycles. The zero-order chi connectivity index (χ0) is 14.7. The van der Waals surface area contributed by atoms with Gasteiger partial charge < -0.3 is 9.84 Å². The molecule has 0 spiro atoms. The smallest absolute Gasteiger partial charge is 0.125 e. The van der Waals surface area contributed by atoms with Crippen molar-refractivity contribution < 1.29 is 9.84 Å². The second-order valence-corrected chi connectivity index (χ2v) is 5.60. The fourth-order valence-corrected chi connectivity index (χ4v) is 2.66. The van der Waals surface area contributed by atoms with Gasteiger partial charge in [-0.3, -0.25) is 4.98 Å². The van der Waals surface area contributed by atoms with Crippen LogP contribution < -0.4 is 4.74 Å². The van der Waals surface area contributed by atoms with Crippen LogP contribution in [0.5, 0.6) is 5.75 Å². The van der Waals surface area contributed by atoms with Crippen molar-refractivity contribution in [2.75, 3.05) is 0 Å². The van der Waals surface area contributed by atoms with Gasteiger partial charge in [0.25, 0.3) is 0 Å². The van der Waals surface area contributed by atoms with Crippen LogP contribution in [-0.2, 0) is 13.2 Å². The first-order valence-corrected chi connectivity index (χ1v) is 7.42. The second-order valence-electron chi connectivity index (χ2n) is 4.69. The van der Waals surface area contributed by atoms with E-state index in [1.165, 1.54) is 0 Å². The van der Waals surface area contributed by atoms with E-state index in [1.54, 1.807) is 6.20 Å². The molecule has 3 nitrogen and oxygen atoms in total. The summed E-state index contributed by atoms with van der Waals surface area (Å²) in [6.45, 7) is 0.392. The van der Waals surface area contributed by atoms with Crippen LogP contribution in [-0.4, -0.2) is 10.1 Å². The number of aliphatic hydroxyl groups is 1. The number of rotatable bonds is 4. The molecule has 0 fully saturated rings. The highest BCUT2D eigenvalue weighted by Gasteiger charge is 2.06. The van der Waals surface area contributed by atoms with Crippen molar-refractivity contribution in [1.82, 2.24) is 4.98 Å². The van der Waals surface area contributed by atoms with E-state index < -0.39 is 0 Å². The summed E-state index contributed by atoms with van der Waals surface area (Å²) in [6, 6.07) is 15.6. The van der Waals surface area contributed by atoms with Crippen molar-refractivity contribution in [3.63, 3.8) is 0 Å². The Kier molecular flexibility index (Phi) is 4.18. The van der Waals surface area contributed by atoms with Gasteiger partial charge >= 0.3 is 0 Å². The number of aliphatic hydroxyl groups excluding tert-OH is 1. The number of ether oxygens (including phenoxy) is 1. The maximum Gasteiger partial charge on any atom is 0.125 e. The Labute approximate surface area is 131 Å².